The first-order chi connectivity index (χ1) is 11.5. The number of aromatic nitrogens is 2. The van der Waals surface area contributed by atoms with Gasteiger partial charge in [-0.05, 0) is 30.2 Å². The Kier molecular flexibility index (Phi) is 3.73. The lowest BCUT2D eigenvalue weighted by Gasteiger charge is -2.11. The highest BCUT2D eigenvalue weighted by Gasteiger charge is 2.28. The molecule has 1 aliphatic heterocycles. The molecule has 1 atom stereocenters. The molecule has 1 fully saturated rings. The second-order valence-corrected chi connectivity index (χ2v) is 9.08. The molecule has 124 valence electrons. The maximum absolute atomic E-state index is 13.1. The van der Waals surface area contributed by atoms with Gasteiger partial charge in [0.25, 0.3) is 0 Å². The van der Waals surface area contributed by atoms with E-state index >= 15 is 0 Å². The summed E-state index contributed by atoms with van der Waals surface area (Å²) in [6, 6.07) is 8.12. The molecule has 0 unspecified atom stereocenters. The van der Waals surface area contributed by atoms with E-state index in [2.05, 4.69) is 15.3 Å². The number of nitrogens with one attached hydrogen (secondary N) is 1. The number of sulfone groups is 1. The summed E-state index contributed by atoms with van der Waals surface area (Å²) in [5.74, 6) is 0.726. The minimum Gasteiger partial charge on any atom is -0.365 e. The number of benzene rings is 1. The average Bonchev–Trinajstić information content (AvgIpc) is 3.12. The van der Waals surface area contributed by atoms with Gasteiger partial charge < -0.3 is 5.32 Å². The van der Waals surface area contributed by atoms with Crippen molar-refractivity contribution in [2.24, 2.45) is 0 Å². The maximum Gasteiger partial charge on any atom is 0.152 e. The van der Waals surface area contributed by atoms with Gasteiger partial charge in [0.05, 0.1) is 21.7 Å². The van der Waals surface area contributed by atoms with Crippen LogP contribution < -0.4 is 5.32 Å². The topological polar surface area (TPSA) is 72.0 Å². The Bertz CT molecular complexity index is 1000. The van der Waals surface area contributed by atoms with Crippen molar-refractivity contribution in [2.45, 2.75) is 12.5 Å². The first-order valence-corrected chi connectivity index (χ1v) is 10.1. The molecular formula is C16H14FN3O2S2. The molecule has 2 aromatic heterocycles. The fraction of sp³-hybridized carbons (Fsp3) is 0.250. The van der Waals surface area contributed by atoms with Crippen LogP contribution >= 0.6 is 11.3 Å². The molecule has 3 heterocycles. The van der Waals surface area contributed by atoms with E-state index in [0.717, 1.165) is 20.7 Å². The zero-order valence-electron chi connectivity index (χ0n) is 12.6. The van der Waals surface area contributed by atoms with Crippen LogP contribution in [0, 0.1) is 5.82 Å². The number of thiophene rings is 1. The maximum atomic E-state index is 13.1. The van der Waals surface area contributed by atoms with Crippen LogP contribution in [0.15, 0.2) is 36.7 Å². The molecule has 0 radical (unpaired) electrons. The van der Waals surface area contributed by atoms with Crippen LogP contribution in [-0.4, -0.2) is 35.9 Å². The molecular weight excluding hydrogens is 349 g/mol. The van der Waals surface area contributed by atoms with E-state index in [0.29, 0.717) is 12.2 Å². The summed E-state index contributed by atoms with van der Waals surface area (Å²) in [5, 5.41) is 3.23. The lowest BCUT2D eigenvalue weighted by atomic mass is 10.2. The van der Waals surface area contributed by atoms with Crippen molar-refractivity contribution < 1.29 is 12.8 Å². The summed E-state index contributed by atoms with van der Waals surface area (Å²) in [6.45, 7) is 0. The fourth-order valence-corrected chi connectivity index (χ4v) is 5.56. The third kappa shape index (κ3) is 2.99. The molecule has 24 heavy (non-hydrogen) atoms. The lowest BCUT2D eigenvalue weighted by Crippen LogP contribution is -2.21. The van der Waals surface area contributed by atoms with Gasteiger partial charge in [0, 0.05) is 10.9 Å². The molecule has 0 saturated carbocycles. The zero-order valence-corrected chi connectivity index (χ0v) is 14.2. The number of hydrogen-bond donors (Lipinski definition) is 1. The van der Waals surface area contributed by atoms with Gasteiger partial charge in [-0.25, -0.2) is 22.8 Å². The van der Waals surface area contributed by atoms with Gasteiger partial charge in [0.2, 0.25) is 0 Å². The van der Waals surface area contributed by atoms with Gasteiger partial charge in [-0.3, -0.25) is 0 Å². The zero-order chi connectivity index (χ0) is 16.7. The molecule has 0 amide bonds. The standard InChI is InChI=1S/C16H14FN3O2S2/c17-11-3-1-10(2-4-11)14-7-13-15(23-14)16(19-9-18-13)20-12-5-6-24(21,22)8-12/h1-4,7,9,12H,5-6,8H2,(H,18,19,20)/t12-/m0/s1. The molecule has 1 aliphatic rings. The quantitative estimate of drug-likeness (QED) is 0.774. The molecule has 3 aromatic rings. The van der Waals surface area contributed by atoms with Crippen LogP contribution in [0.1, 0.15) is 6.42 Å². The van der Waals surface area contributed by atoms with Gasteiger partial charge in [-0.1, -0.05) is 12.1 Å². The Morgan fingerprint density at radius 3 is 2.71 bits per heavy atom. The predicted molar refractivity (Wildman–Crippen MR) is 93.5 cm³/mol. The number of halogens is 1. The number of fused-ring (bicyclic) bond motifs is 1. The van der Waals surface area contributed by atoms with Gasteiger partial charge in [-0.15, -0.1) is 11.3 Å². The Morgan fingerprint density at radius 2 is 2.00 bits per heavy atom. The Hall–Kier alpha value is -2.06. The first-order valence-electron chi connectivity index (χ1n) is 7.48. The minimum atomic E-state index is -2.95. The monoisotopic (exact) mass is 363 g/mol. The summed E-state index contributed by atoms with van der Waals surface area (Å²) in [5.41, 5.74) is 1.70. The van der Waals surface area contributed by atoms with E-state index in [9.17, 15) is 12.8 Å². The molecule has 8 heteroatoms. The average molecular weight is 363 g/mol. The smallest absolute Gasteiger partial charge is 0.152 e. The van der Waals surface area contributed by atoms with Crippen molar-refractivity contribution in [3.8, 4) is 10.4 Å². The SMILES string of the molecule is O=S1(=O)CC[C@H](Nc2ncnc3cc(-c4ccc(F)cc4)sc23)C1. The molecule has 1 N–H and O–H groups in total. The number of nitrogens with zero attached hydrogens (tertiary/aromatic N) is 2. The number of anilines is 1. The van der Waals surface area contributed by atoms with Crippen LogP contribution in [0.25, 0.3) is 20.7 Å². The number of rotatable bonds is 3. The Morgan fingerprint density at radius 1 is 1.21 bits per heavy atom. The molecule has 4 rings (SSSR count). The second kappa shape index (κ2) is 5.78. The van der Waals surface area contributed by atoms with Crippen molar-refractivity contribution >= 4 is 37.2 Å². The third-order valence-electron chi connectivity index (χ3n) is 4.01. The Balaban J connectivity index is 1.68. The van der Waals surface area contributed by atoms with E-state index in [1.54, 1.807) is 12.1 Å². The summed E-state index contributed by atoms with van der Waals surface area (Å²) in [7, 11) is -2.95. The minimum absolute atomic E-state index is 0.121. The van der Waals surface area contributed by atoms with E-state index in [1.165, 1.54) is 29.8 Å². The summed E-state index contributed by atoms with van der Waals surface area (Å²) in [6.07, 6.45) is 2.05. The van der Waals surface area contributed by atoms with Crippen LogP contribution in [0.5, 0.6) is 0 Å². The second-order valence-electron chi connectivity index (χ2n) is 5.80. The molecule has 0 spiro atoms. The van der Waals surface area contributed by atoms with E-state index in [-0.39, 0.29) is 23.4 Å². The summed E-state index contributed by atoms with van der Waals surface area (Å²) >= 11 is 1.51. The van der Waals surface area contributed by atoms with Crippen LogP contribution in [-0.2, 0) is 9.84 Å². The van der Waals surface area contributed by atoms with Crippen LogP contribution in [0.3, 0.4) is 0 Å². The van der Waals surface area contributed by atoms with E-state index < -0.39 is 9.84 Å². The normalized spacial score (nSPS) is 19.6. The van der Waals surface area contributed by atoms with Crippen molar-refractivity contribution in [1.82, 2.24) is 9.97 Å². The molecule has 5 nitrogen and oxygen atoms in total. The predicted octanol–water partition coefficient (Wildman–Crippen LogP) is 3.10. The van der Waals surface area contributed by atoms with Crippen LogP contribution in [0.2, 0.25) is 0 Å². The van der Waals surface area contributed by atoms with Gasteiger partial charge >= 0.3 is 0 Å². The highest BCUT2D eigenvalue weighted by Crippen LogP contribution is 2.36. The highest BCUT2D eigenvalue weighted by molar-refractivity contribution is 7.91. The largest absolute Gasteiger partial charge is 0.365 e. The van der Waals surface area contributed by atoms with Crippen molar-refractivity contribution in [2.75, 3.05) is 16.8 Å². The first kappa shape index (κ1) is 15.5. The van der Waals surface area contributed by atoms with E-state index in [1.807, 2.05) is 6.07 Å². The third-order valence-corrected chi connectivity index (χ3v) is 6.96. The lowest BCUT2D eigenvalue weighted by molar-refractivity contribution is 0.602. The molecule has 0 bridgehead atoms. The Labute approximate surface area is 142 Å². The summed E-state index contributed by atoms with van der Waals surface area (Å²) in [4.78, 5) is 9.51. The summed E-state index contributed by atoms with van der Waals surface area (Å²) < 4.78 is 37.2. The van der Waals surface area contributed by atoms with Crippen LogP contribution in [0.4, 0.5) is 10.2 Å². The van der Waals surface area contributed by atoms with E-state index in [4.69, 9.17) is 0 Å². The molecule has 0 aliphatic carbocycles. The molecule has 1 saturated heterocycles. The van der Waals surface area contributed by atoms with Gasteiger partial charge in [0.15, 0.2) is 9.84 Å². The van der Waals surface area contributed by atoms with Gasteiger partial charge in [0.1, 0.15) is 18.0 Å². The van der Waals surface area contributed by atoms with Gasteiger partial charge in [-0.2, -0.15) is 0 Å². The van der Waals surface area contributed by atoms with Crippen molar-refractivity contribution in [3.63, 3.8) is 0 Å². The molecule has 1 aromatic carbocycles. The fourth-order valence-electron chi connectivity index (χ4n) is 2.82. The van der Waals surface area contributed by atoms with Crippen molar-refractivity contribution in [1.29, 1.82) is 0 Å². The van der Waals surface area contributed by atoms with Crippen molar-refractivity contribution in [3.05, 3.63) is 42.5 Å². The number of hydrogen-bond acceptors (Lipinski definition) is 6. The highest BCUT2D eigenvalue weighted by atomic mass is 32.2.